The van der Waals surface area contributed by atoms with Crippen LogP contribution in [-0.2, 0) is 19.6 Å². The van der Waals surface area contributed by atoms with Crippen LogP contribution in [0.25, 0.3) is 0 Å². The van der Waals surface area contributed by atoms with E-state index in [1.807, 2.05) is 0 Å². The molecule has 1 saturated heterocycles. The van der Waals surface area contributed by atoms with Gasteiger partial charge < -0.3 is 20.5 Å². The molecular weight excluding hydrogens is 468 g/mol. The number of esters is 1. The lowest BCUT2D eigenvalue weighted by atomic mass is 10.2. The minimum atomic E-state index is -3.75. The number of anilines is 2. The predicted molar refractivity (Wildman–Crippen MR) is 122 cm³/mol. The molecule has 0 bridgehead atoms. The average molecular weight is 493 g/mol. The number of nitro benzene ring substituents is 1. The number of hydrogen-bond donors (Lipinski definition) is 2. The van der Waals surface area contributed by atoms with Gasteiger partial charge in [-0.05, 0) is 43.2 Å². The highest BCUT2D eigenvalue weighted by atomic mass is 32.2. The summed E-state index contributed by atoms with van der Waals surface area (Å²) in [6.07, 6.45) is 2.53. The summed E-state index contributed by atoms with van der Waals surface area (Å²) in [4.78, 5) is 34.8. The lowest BCUT2D eigenvalue weighted by molar-refractivity contribution is -0.383. The molecule has 2 aromatic carbocycles. The van der Waals surface area contributed by atoms with Crippen LogP contribution in [-0.4, -0.2) is 56.3 Å². The van der Waals surface area contributed by atoms with Crippen molar-refractivity contribution < 1.29 is 32.4 Å². The third-order valence-electron chi connectivity index (χ3n) is 5.20. The molecule has 3 rings (SSSR count). The minimum Gasteiger partial charge on any atom is -0.495 e. The van der Waals surface area contributed by atoms with Gasteiger partial charge in [0.25, 0.3) is 11.6 Å². The van der Waals surface area contributed by atoms with E-state index >= 15 is 0 Å². The van der Waals surface area contributed by atoms with Gasteiger partial charge in [0.15, 0.2) is 6.61 Å². The van der Waals surface area contributed by atoms with Crippen molar-refractivity contribution >= 4 is 39.0 Å². The van der Waals surface area contributed by atoms with Crippen molar-refractivity contribution in [3.63, 3.8) is 0 Å². The Morgan fingerprint density at radius 2 is 1.85 bits per heavy atom. The molecule has 182 valence electrons. The van der Waals surface area contributed by atoms with E-state index in [1.54, 1.807) is 0 Å². The van der Waals surface area contributed by atoms with Crippen molar-refractivity contribution in [1.82, 2.24) is 4.31 Å². The summed E-state index contributed by atoms with van der Waals surface area (Å²) in [6.45, 7) is 0.133. The number of carbonyl (C=O) groups excluding carboxylic acids is 2. The Bertz CT molecular complexity index is 1210. The van der Waals surface area contributed by atoms with E-state index in [0.717, 1.165) is 25.3 Å². The van der Waals surface area contributed by atoms with Gasteiger partial charge in [0.1, 0.15) is 11.4 Å². The third-order valence-corrected chi connectivity index (χ3v) is 7.09. The maximum atomic E-state index is 12.9. The van der Waals surface area contributed by atoms with Gasteiger partial charge >= 0.3 is 5.97 Å². The van der Waals surface area contributed by atoms with Crippen LogP contribution < -0.4 is 15.8 Å². The van der Waals surface area contributed by atoms with Crippen LogP contribution in [0.5, 0.6) is 5.75 Å². The van der Waals surface area contributed by atoms with Crippen LogP contribution in [0.2, 0.25) is 0 Å². The number of rotatable bonds is 8. The monoisotopic (exact) mass is 492 g/mol. The molecule has 0 spiro atoms. The average Bonchev–Trinajstić information content (AvgIpc) is 2.83. The van der Waals surface area contributed by atoms with Crippen LogP contribution >= 0.6 is 0 Å². The molecule has 12 nitrogen and oxygen atoms in total. The molecule has 3 N–H and O–H groups in total. The molecule has 1 amide bonds. The van der Waals surface area contributed by atoms with E-state index in [-0.39, 0.29) is 27.6 Å². The smallest absolute Gasteiger partial charge is 0.338 e. The number of piperidine rings is 1. The minimum absolute atomic E-state index is 0.00308. The summed E-state index contributed by atoms with van der Waals surface area (Å²) < 4.78 is 37.4. The number of nitro groups is 1. The summed E-state index contributed by atoms with van der Waals surface area (Å²) >= 11 is 0. The SMILES string of the molecule is COc1ccc(S(=O)(=O)N2CCCCC2)cc1NC(=O)COC(=O)c1ccc(N)c([N+](=O)[O-])c1. The molecule has 0 atom stereocenters. The number of ether oxygens (including phenoxy) is 2. The maximum Gasteiger partial charge on any atom is 0.338 e. The molecule has 0 unspecified atom stereocenters. The van der Waals surface area contributed by atoms with E-state index in [1.165, 1.54) is 41.7 Å². The van der Waals surface area contributed by atoms with Crippen molar-refractivity contribution in [3.8, 4) is 5.75 Å². The molecule has 0 aromatic heterocycles. The van der Waals surface area contributed by atoms with E-state index < -0.39 is 39.1 Å². The Kier molecular flexibility index (Phi) is 7.68. The van der Waals surface area contributed by atoms with Crippen molar-refractivity contribution in [3.05, 3.63) is 52.1 Å². The summed E-state index contributed by atoms with van der Waals surface area (Å²) in [6, 6.07) is 7.48. The van der Waals surface area contributed by atoms with Gasteiger partial charge in [-0.25, -0.2) is 13.2 Å². The number of nitrogen functional groups attached to an aromatic ring is 1. The van der Waals surface area contributed by atoms with Gasteiger partial charge in [0.2, 0.25) is 10.0 Å². The Hall–Kier alpha value is -3.71. The number of nitrogens with zero attached hydrogens (tertiary/aromatic N) is 2. The molecule has 2 aromatic rings. The zero-order chi connectivity index (χ0) is 24.9. The fraction of sp³-hybridized carbons (Fsp3) is 0.333. The fourth-order valence-corrected chi connectivity index (χ4v) is 4.97. The first-order chi connectivity index (χ1) is 16.1. The van der Waals surface area contributed by atoms with Gasteiger partial charge in [0, 0.05) is 19.2 Å². The number of benzene rings is 2. The molecule has 0 saturated carbocycles. The highest BCUT2D eigenvalue weighted by molar-refractivity contribution is 7.89. The number of methoxy groups -OCH3 is 1. The van der Waals surface area contributed by atoms with E-state index in [2.05, 4.69) is 5.32 Å². The van der Waals surface area contributed by atoms with Gasteiger partial charge in [-0.15, -0.1) is 0 Å². The Morgan fingerprint density at radius 3 is 2.50 bits per heavy atom. The normalized spacial score (nSPS) is 14.3. The molecule has 1 aliphatic heterocycles. The molecule has 34 heavy (non-hydrogen) atoms. The van der Waals surface area contributed by atoms with E-state index in [9.17, 15) is 28.1 Å². The molecule has 13 heteroatoms. The first-order valence-corrected chi connectivity index (χ1v) is 11.8. The molecule has 0 radical (unpaired) electrons. The summed E-state index contributed by atoms with van der Waals surface area (Å²) in [5, 5.41) is 13.4. The third kappa shape index (κ3) is 5.61. The van der Waals surface area contributed by atoms with Crippen LogP contribution in [0.3, 0.4) is 0 Å². The second kappa shape index (κ2) is 10.5. The molecule has 1 fully saturated rings. The maximum absolute atomic E-state index is 12.9. The molecule has 1 heterocycles. The van der Waals surface area contributed by atoms with Gasteiger partial charge in [0.05, 0.1) is 28.2 Å². The topological polar surface area (TPSA) is 171 Å². The first kappa shape index (κ1) is 24.9. The van der Waals surface area contributed by atoms with Crippen molar-refractivity contribution in [2.75, 3.05) is 37.9 Å². The van der Waals surface area contributed by atoms with Gasteiger partial charge in [-0.1, -0.05) is 6.42 Å². The first-order valence-electron chi connectivity index (χ1n) is 10.3. The number of sulfonamides is 1. The van der Waals surface area contributed by atoms with Crippen molar-refractivity contribution in [1.29, 1.82) is 0 Å². The number of hydrogen-bond acceptors (Lipinski definition) is 9. The van der Waals surface area contributed by atoms with Crippen LogP contribution in [0.4, 0.5) is 17.1 Å². The Balaban J connectivity index is 1.70. The van der Waals surface area contributed by atoms with Crippen LogP contribution in [0, 0.1) is 10.1 Å². The van der Waals surface area contributed by atoms with E-state index in [4.69, 9.17) is 15.2 Å². The predicted octanol–water partition coefficient (Wildman–Crippen LogP) is 2.16. The quantitative estimate of drug-likeness (QED) is 0.242. The number of nitrogens with one attached hydrogen (secondary N) is 1. The van der Waals surface area contributed by atoms with Crippen LogP contribution in [0.15, 0.2) is 41.3 Å². The number of amides is 1. The summed E-state index contributed by atoms with van der Waals surface area (Å²) in [5.74, 6) is -1.51. The lowest BCUT2D eigenvalue weighted by Gasteiger charge is -2.26. The standard InChI is InChI=1S/C21H24N4O8S/c1-32-19-8-6-15(34(30,31)24-9-3-2-4-10-24)12-17(19)23-20(26)13-33-21(27)14-5-7-16(22)18(11-14)25(28)29/h5-8,11-12H,2-4,9-10,13,22H2,1H3,(H,23,26). The van der Waals surface area contributed by atoms with Gasteiger partial charge in [-0.3, -0.25) is 14.9 Å². The number of nitrogens with two attached hydrogens (primary N) is 1. The highest BCUT2D eigenvalue weighted by Crippen LogP contribution is 2.30. The number of carbonyl (C=O) groups is 2. The Labute approximate surface area is 195 Å². The van der Waals surface area contributed by atoms with Crippen molar-refractivity contribution in [2.45, 2.75) is 24.2 Å². The Morgan fingerprint density at radius 1 is 1.15 bits per heavy atom. The summed E-state index contributed by atoms with van der Waals surface area (Å²) in [5.41, 5.74) is 4.85. The molecular formula is C21H24N4O8S. The zero-order valence-electron chi connectivity index (χ0n) is 18.4. The lowest BCUT2D eigenvalue weighted by Crippen LogP contribution is -2.35. The zero-order valence-corrected chi connectivity index (χ0v) is 19.2. The highest BCUT2D eigenvalue weighted by Gasteiger charge is 2.27. The summed E-state index contributed by atoms with van der Waals surface area (Å²) in [7, 11) is -2.39. The second-order valence-corrected chi connectivity index (χ2v) is 9.42. The van der Waals surface area contributed by atoms with E-state index in [0.29, 0.717) is 13.1 Å². The molecule has 1 aliphatic rings. The molecule has 0 aliphatic carbocycles. The second-order valence-electron chi connectivity index (χ2n) is 7.48. The van der Waals surface area contributed by atoms with Gasteiger partial charge in [-0.2, -0.15) is 4.31 Å². The fourth-order valence-electron chi connectivity index (χ4n) is 3.43. The van der Waals surface area contributed by atoms with Crippen molar-refractivity contribution in [2.24, 2.45) is 0 Å². The largest absolute Gasteiger partial charge is 0.495 e. The van der Waals surface area contributed by atoms with Crippen LogP contribution in [0.1, 0.15) is 29.6 Å².